The normalized spacial score (nSPS) is 17.9. The summed E-state index contributed by atoms with van der Waals surface area (Å²) in [6.45, 7) is 0.472. The monoisotopic (exact) mass is 490 g/mol. The predicted octanol–water partition coefficient (Wildman–Crippen LogP) is 3.14. The van der Waals surface area contributed by atoms with Gasteiger partial charge in [-0.15, -0.1) is 12.4 Å². The van der Waals surface area contributed by atoms with Gasteiger partial charge in [-0.25, -0.2) is 13.4 Å². The molecule has 0 spiro atoms. The van der Waals surface area contributed by atoms with Crippen molar-refractivity contribution < 1.29 is 13.2 Å². The zero-order valence-corrected chi connectivity index (χ0v) is 20.6. The molecule has 0 saturated heterocycles. The Morgan fingerprint density at radius 3 is 2.67 bits per heavy atom. The summed E-state index contributed by atoms with van der Waals surface area (Å²) in [5.41, 5.74) is 10.3. The van der Waals surface area contributed by atoms with E-state index in [0.29, 0.717) is 0 Å². The predicted molar refractivity (Wildman–Crippen MR) is 131 cm³/mol. The minimum atomic E-state index is -3.63. The van der Waals surface area contributed by atoms with Crippen molar-refractivity contribution in [1.82, 2.24) is 13.9 Å². The topological polar surface area (TPSA) is 90.5 Å². The summed E-state index contributed by atoms with van der Waals surface area (Å²) in [4.78, 5) is 3.95. The average Bonchev–Trinajstić information content (AvgIpc) is 3.23. The van der Waals surface area contributed by atoms with Gasteiger partial charge in [0.05, 0.1) is 6.33 Å². The van der Waals surface area contributed by atoms with Crippen LogP contribution in [0.1, 0.15) is 29.0 Å². The molecule has 0 amide bonds. The maximum Gasteiger partial charge on any atom is 0.261 e. The van der Waals surface area contributed by atoms with Crippen LogP contribution in [0.2, 0.25) is 0 Å². The molecule has 0 radical (unpaired) electrons. The Bertz CT molecular complexity index is 1170. The number of sulfonamides is 1. The second kappa shape index (κ2) is 10.7. The summed E-state index contributed by atoms with van der Waals surface area (Å²) in [5, 5.41) is 0.0361. The first-order chi connectivity index (χ1) is 15.3. The van der Waals surface area contributed by atoms with Crippen molar-refractivity contribution in [2.45, 2.75) is 36.2 Å². The Kier molecular flexibility index (Phi) is 8.18. The number of fused-ring (bicyclic) bond motifs is 1. The Morgan fingerprint density at radius 1 is 1.21 bits per heavy atom. The van der Waals surface area contributed by atoms with Crippen LogP contribution in [0, 0.1) is 0 Å². The number of hydrogen-bond donors (Lipinski definition) is 1. The molecular weight excluding hydrogens is 460 g/mol. The summed E-state index contributed by atoms with van der Waals surface area (Å²) >= 11 is 0. The standard InChI is InChI=1S/C24H30N4O3S.ClH/c1-27-16-24(26-17-27)32(29,30)28(2)12-13-31-20-10-8-19-9-11-23(25)22(21(19)15-20)14-18-6-4-3-5-7-18;/h3-8,10,15-17,22-23H,9,11-14,25H2,1-2H3;1H. The van der Waals surface area contributed by atoms with Crippen molar-refractivity contribution >= 4 is 22.4 Å². The number of ether oxygens (including phenoxy) is 1. The first-order valence-electron chi connectivity index (χ1n) is 10.8. The quantitative estimate of drug-likeness (QED) is 0.524. The van der Waals surface area contributed by atoms with E-state index in [2.05, 4.69) is 41.4 Å². The lowest BCUT2D eigenvalue weighted by Crippen LogP contribution is -2.34. The van der Waals surface area contributed by atoms with Crippen molar-refractivity contribution in [1.29, 1.82) is 0 Å². The average molecular weight is 491 g/mol. The molecule has 4 rings (SSSR count). The largest absolute Gasteiger partial charge is 0.492 e. The van der Waals surface area contributed by atoms with E-state index in [1.54, 1.807) is 11.6 Å². The molecule has 3 aromatic rings. The van der Waals surface area contributed by atoms with Gasteiger partial charge in [0, 0.05) is 38.8 Å². The summed E-state index contributed by atoms with van der Waals surface area (Å²) in [5.74, 6) is 0.969. The van der Waals surface area contributed by atoms with Gasteiger partial charge in [-0.1, -0.05) is 36.4 Å². The Labute approximate surface area is 202 Å². The summed E-state index contributed by atoms with van der Waals surface area (Å²) in [6.07, 6.45) is 5.80. The Morgan fingerprint density at radius 2 is 1.97 bits per heavy atom. The fourth-order valence-electron chi connectivity index (χ4n) is 4.21. The molecule has 2 N–H and O–H groups in total. The minimum absolute atomic E-state index is 0. The number of aromatic nitrogens is 2. The zero-order chi connectivity index (χ0) is 22.7. The summed E-state index contributed by atoms with van der Waals surface area (Å²) < 4.78 is 34.0. The van der Waals surface area contributed by atoms with Crippen molar-refractivity contribution in [2.24, 2.45) is 12.8 Å². The van der Waals surface area contributed by atoms with Crippen molar-refractivity contribution in [3.8, 4) is 5.75 Å². The number of imidazole rings is 1. The van der Waals surface area contributed by atoms with Crippen LogP contribution in [0.5, 0.6) is 5.75 Å². The van der Waals surface area contributed by atoms with Crippen LogP contribution in [0.4, 0.5) is 0 Å². The molecule has 1 aliphatic carbocycles. The highest BCUT2D eigenvalue weighted by Gasteiger charge is 2.28. The van der Waals surface area contributed by atoms with E-state index in [9.17, 15) is 8.42 Å². The lowest BCUT2D eigenvalue weighted by Gasteiger charge is -2.32. The van der Waals surface area contributed by atoms with Crippen molar-refractivity contribution in [3.63, 3.8) is 0 Å². The Hall–Kier alpha value is -2.39. The molecular formula is C24H31ClN4O3S. The third kappa shape index (κ3) is 5.76. The molecule has 1 heterocycles. The molecule has 2 atom stereocenters. The second-order valence-electron chi connectivity index (χ2n) is 8.41. The van der Waals surface area contributed by atoms with Crippen LogP contribution in [0.3, 0.4) is 0 Å². The molecule has 33 heavy (non-hydrogen) atoms. The molecule has 0 aliphatic heterocycles. The van der Waals surface area contributed by atoms with E-state index in [1.807, 2.05) is 12.1 Å². The van der Waals surface area contributed by atoms with E-state index < -0.39 is 10.0 Å². The van der Waals surface area contributed by atoms with Crippen LogP contribution in [0.15, 0.2) is 66.1 Å². The van der Waals surface area contributed by atoms with E-state index in [4.69, 9.17) is 10.5 Å². The first-order valence-corrected chi connectivity index (χ1v) is 12.3. The highest BCUT2D eigenvalue weighted by Crippen LogP contribution is 2.35. The highest BCUT2D eigenvalue weighted by molar-refractivity contribution is 7.89. The number of nitrogens with zero attached hydrogens (tertiary/aromatic N) is 3. The van der Waals surface area contributed by atoms with Gasteiger partial charge in [-0.3, -0.25) is 0 Å². The first kappa shape index (κ1) is 25.2. The lowest BCUT2D eigenvalue weighted by molar-refractivity contribution is 0.286. The van der Waals surface area contributed by atoms with Crippen LogP contribution in [-0.2, 0) is 29.9 Å². The van der Waals surface area contributed by atoms with Crippen LogP contribution in [0.25, 0.3) is 0 Å². The SMILES string of the molecule is CN(CCOc1ccc2c(c1)C(Cc1ccccc1)C(N)CC2)S(=O)(=O)c1cn(C)cn1.Cl. The van der Waals surface area contributed by atoms with Crippen molar-refractivity contribution in [3.05, 3.63) is 77.7 Å². The third-order valence-electron chi connectivity index (χ3n) is 6.11. The molecule has 0 fully saturated rings. The lowest BCUT2D eigenvalue weighted by atomic mass is 9.76. The van der Waals surface area contributed by atoms with Gasteiger partial charge in [0.25, 0.3) is 10.0 Å². The van der Waals surface area contributed by atoms with Gasteiger partial charge in [0.1, 0.15) is 12.4 Å². The smallest absolute Gasteiger partial charge is 0.261 e. The fourth-order valence-corrected chi connectivity index (χ4v) is 5.33. The Balaban J connectivity index is 0.00000306. The molecule has 0 bridgehead atoms. The number of hydrogen-bond acceptors (Lipinski definition) is 5. The van der Waals surface area contributed by atoms with E-state index >= 15 is 0 Å². The molecule has 0 saturated carbocycles. The molecule has 2 unspecified atom stereocenters. The van der Waals surface area contributed by atoms with Gasteiger partial charge in [0.15, 0.2) is 5.03 Å². The van der Waals surface area contributed by atoms with Gasteiger partial charge in [-0.2, -0.15) is 4.31 Å². The maximum absolute atomic E-state index is 12.6. The highest BCUT2D eigenvalue weighted by atomic mass is 35.5. The maximum atomic E-state index is 12.6. The molecule has 2 aromatic carbocycles. The molecule has 1 aliphatic rings. The minimum Gasteiger partial charge on any atom is -0.492 e. The molecule has 178 valence electrons. The second-order valence-corrected chi connectivity index (χ2v) is 10.4. The number of rotatable bonds is 8. The van der Waals surface area contributed by atoms with Crippen LogP contribution < -0.4 is 10.5 Å². The summed E-state index contributed by atoms with van der Waals surface area (Å²) in [6, 6.07) is 16.7. The number of likely N-dealkylation sites (N-methyl/N-ethyl adjacent to an activating group) is 1. The van der Waals surface area contributed by atoms with E-state index in [-0.39, 0.29) is 42.5 Å². The summed E-state index contributed by atoms with van der Waals surface area (Å²) in [7, 11) is -0.358. The van der Waals surface area contributed by atoms with Gasteiger partial charge in [0.2, 0.25) is 0 Å². The molecule has 1 aromatic heterocycles. The molecule has 9 heteroatoms. The van der Waals surface area contributed by atoms with Gasteiger partial charge >= 0.3 is 0 Å². The van der Waals surface area contributed by atoms with E-state index in [1.165, 1.54) is 40.6 Å². The van der Waals surface area contributed by atoms with Crippen molar-refractivity contribution in [2.75, 3.05) is 20.2 Å². The number of nitrogens with two attached hydrogens (primary N) is 1. The van der Waals surface area contributed by atoms with Crippen LogP contribution in [-0.4, -0.2) is 48.5 Å². The molecule has 7 nitrogen and oxygen atoms in total. The number of halogens is 1. The van der Waals surface area contributed by atoms with E-state index in [0.717, 1.165) is 25.0 Å². The number of benzene rings is 2. The van der Waals surface area contributed by atoms with Crippen LogP contribution >= 0.6 is 12.4 Å². The van der Waals surface area contributed by atoms with Gasteiger partial charge in [-0.05, 0) is 48.1 Å². The fraction of sp³-hybridized carbons (Fsp3) is 0.375. The number of aryl methyl sites for hydroxylation is 2. The van der Waals surface area contributed by atoms with Gasteiger partial charge < -0.3 is 15.0 Å². The third-order valence-corrected chi connectivity index (χ3v) is 7.85. The zero-order valence-electron chi connectivity index (χ0n) is 18.9.